The van der Waals surface area contributed by atoms with Gasteiger partial charge >= 0.3 is 0 Å². The van der Waals surface area contributed by atoms with E-state index in [4.69, 9.17) is 5.11 Å². The van der Waals surface area contributed by atoms with Crippen molar-refractivity contribution in [3.8, 4) is 0 Å². The highest BCUT2D eigenvalue weighted by Gasteiger charge is 2.34. The fourth-order valence-electron chi connectivity index (χ4n) is 1.91. The second-order valence-corrected chi connectivity index (χ2v) is 5.08. The first kappa shape index (κ1) is 10.7. The predicted molar refractivity (Wildman–Crippen MR) is 60.9 cm³/mol. The van der Waals surface area contributed by atoms with E-state index in [1.165, 1.54) is 4.90 Å². The van der Waals surface area contributed by atoms with Crippen molar-refractivity contribution >= 4 is 17.5 Å². The zero-order valence-electron chi connectivity index (χ0n) is 8.43. The van der Waals surface area contributed by atoms with Crippen LogP contribution in [-0.2, 0) is 4.79 Å². The van der Waals surface area contributed by atoms with Crippen LogP contribution in [0.1, 0.15) is 12.8 Å². The van der Waals surface area contributed by atoms with Gasteiger partial charge in [0.25, 0.3) is 0 Å². The molecule has 0 amide bonds. The Hall–Kier alpha value is -0.800. The van der Waals surface area contributed by atoms with Crippen LogP contribution in [0.2, 0.25) is 0 Å². The van der Waals surface area contributed by atoms with Crippen LogP contribution in [0.3, 0.4) is 0 Å². The van der Waals surface area contributed by atoms with Crippen LogP contribution in [0.25, 0.3) is 0 Å². The van der Waals surface area contributed by atoms with Crippen LogP contribution >= 0.6 is 11.8 Å². The summed E-state index contributed by atoms with van der Waals surface area (Å²) in [5.41, 5.74) is 0. The number of thioether (sulfide) groups is 1. The van der Waals surface area contributed by atoms with Crippen LogP contribution in [0.15, 0.2) is 35.2 Å². The van der Waals surface area contributed by atoms with Gasteiger partial charge in [0.2, 0.25) is 0 Å². The van der Waals surface area contributed by atoms with E-state index < -0.39 is 0 Å². The van der Waals surface area contributed by atoms with E-state index in [9.17, 15) is 4.79 Å². The fourth-order valence-corrected chi connectivity index (χ4v) is 3.21. The highest BCUT2D eigenvalue weighted by atomic mass is 32.2. The highest BCUT2D eigenvalue weighted by molar-refractivity contribution is 8.00. The quantitative estimate of drug-likeness (QED) is 0.851. The van der Waals surface area contributed by atoms with E-state index in [1.807, 2.05) is 30.3 Å². The monoisotopic (exact) mass is 222 g/mol. The maximum Gasteiger partial charge on any atom is 0.139 e. The summed E-state index contributed by atoms with van der Waals surface area (Å²) in [7, 11) is 0. The summed E-state index contributed by atoms with van der Waals surface area (Å²) in [5.74, 6) is 0.0566. The van der Waals surface area contributed by atoms with E-state index >= 15 is 0 Å². The number of Topliss-reactive ketones (excluding diaryl/α,β-unsaturated/α-hetero) is 1. The van der Waals surface area contributed by atoms with E-state index in [1.54, 1.807) is 11.8 Å². The molecule has 0 aromatic heterocycles. The standard InChI is InChI=1S/C12H14O2S/c13-8-10-11(14)6-7-12(10)15-9-4-2-1-3-5-9/h1-5,10,12-13H,6-8H2. The number of carbonyl (C=O) groups is 1. The smallest absolute Gasteiger partial charge is 0.139 e. The first-order valence-corrected chi connectivity index (χ1v) is 6.04. The summed E-state index contributed by atoms with van der Waals surface area (Å²) < 4.78 is 0. The molecular formula is C12H14O2S. The Kier molecular flexibility index (Phi) is 3.44. The Balaban J connectivity index is 2.04. The molecule has 1 aliphatic rings. The number of carbonyl (C=O) groups excluding carboxylic acids is 1. The Morgan fingerprint density at radius 3 is 2.73 bits per heavy atom. The van der Waals surface area contributed by atoms with Crippen molar-refractivity contribution < 1.29 is 9.90 Å². The second kappa shape index (κ2) is 4.81. The zero-order chi connectivity index (χ0) is 10.7. The van der Waals surface area contributed by atoms with Gasteiger partial charge in [0.15, 0.2) is 0 Å². The van der Waals surface area contributed by atoms with Gasteiger partial charge in [-0.05, 0) is 18.6 Å². The molecule has 1 fully saturated rings. The molecule has 0 spiro atoms. The lowest BCUT2D eigenvalue weighted by molar-refractivity contribution is -0.121. The van der Waals surface area contributed by atoms with Gasteiger partial charge in [-0.2, -0.15) is 0 Å². The Labute approximate surface area is 93.7 Å². The Morgan fingerprint density at radius 2 is 2.07 bits per heavy atom. The molecule has 2 rings (SSSR count). The summed E-state index contributed by atoms with van der Waals surface area (Å²) in [4.78, 5) is 12.6. The normalized spacial score (nSPS) is 25.8. The zero-order valence-corrected chi connectivity index (χ0v) is 9.24. The number of rotatable bonds is 3. The number of aliphatic hydroxyl groups is 1. The summed E-state index contributed by atoms with van der Waals surface area (Å²) in [6, 6.07) is 10.1. The molecule has 1 saturated carbocycles. The van der Waals surface area contributed by atoms with Crippen molar-refractivity contribution in [3.05, 3.63) is 30.3 Å². The average Bonchev–Trinajstić information content (AvgIpc) is 2.61. The SMILES string of the molecule is O=C1CCC(Sc2ccccc2)C1CO. The maximum atomic E-state index is 11.4. The van der Waals surface area contributed by atoms with E-state index in [-0.39, 0.29) is 23.6 Å². The lowest BCUT2D eigenvalue weighted by Gasteiger charge is -2.15. The van der Waals surface area contributed by atoms with Crippen molar-refractivity contribution in [2.45, 2.75) is 23.0 Å². The highest BCUT2D eigenvalue weighted by Crippen LogP contribution is 2.36. The van der Waals surface area contributed by atoms with Gasteiger partial charge in [0.05, 0.1) is 12.5 Å². The Bertz CT molecular complexity index is 337. The molecule has 2 unspecified atom stereocenters. The van der Waals surface area contributed by atoms with Crippen LogP contribution in [0.4, 0.5) is 0 Å². The van der Waals surface area contributed by atoms with Crippen LogP contribution in [-0.4, -0.2) is 22.7 Å². The van der Waals surface area contributed by atoms with Gasteiger partial charge in [-0.3, -0.25) is 4.79 Å². The Morgan fingerprint density at radius 1 is 1.33 bits per heavy atom. The van der Waals surface area contributed by atoms with Gasteiger partial charge in [0, 0.05) is 16.6 Å². The summed E-state index contributed by atoms with van der Waals surface area (Å²) >= 11 is 1.71. The van der Waals surface area contributed by atoms with Gasteiger partial charge in [0.1, 0.15) is 5.78 Å². The van der Waals surface area contributed by atoms with Gasteiger partial charge in [-0.15, -0.1) is 11.8 Å². The first-order valence-electron chi connectivity index (χ1n) is 5.16. The van der Waals surface area contributed by atoms with Crippen LogP contribution in [0, 0.1) is 5.92 Å². The maximum absolute atomic E-state index is 11.4. The molecule has 3 heteroatoms. The summed E-state index contributed by atoms with van der Waals surface area (Å²) in [6.07, 6.45) is 1.51. The third-order valence-corrected chi connectivity index (χ3v) is 4.18. The number of hydrogen-bond acceptors (Lipinski definition) is 3. The number of benzene rings is 1. The topological polar surface area (TPSA) is 37.3 Å². The molecule has 1 aromatic rings. The molecule has 0 aliphatic heterocycles. The second-order valence-electron chi connectivity index (χ2n) is 3.76. The van der Waals surface area contributed by atoms with Crippen molar-refractivity contribution in [2.75, 3.05) is 6.61 Å². The lowest BCUT2D eigenvalue weighted by atomic mass is 10.1. The molecule has 2 nitrogen and oxygen atoms in total. The third-order valence-electron chi connectivity index (χ3n) is 2.76. The first-order chi connectivity index (χ1) is 7.31. The molecule has 0 bridgehead atoms. The molecule has 0 heterocycles. The minimum atomic E-state index is -0.157. The minimum absolute atomic E-state index is 0.0106. The van der Waals surface area contributed by atoms with Crippen molar-refractivity contribution in [1.82, 2.24) is 0 Å². The van der Waals surface area contributed by atoms with Crippen molar-refractivity contribution in [3.63, 3.8) is 0 Å². The van der Waals surface area contributed by atoms with Gasteiger partial charge < -0.3 is 5.11 Å². The number of aliphatic hydroxyl groups excluding tert-OH is 1. The fraction of sp³-hybridized carbons (Fsp3) is 0.417. The van der Waals surface area contributed by atoms with Crippen molar-refractivity contribution in [1.29, 1.82) is 0 Å². The molecule has 1 aromatic carbocycles. The average molecular weight is 222 g/mol. The number of ketones is 1. The molecule has 2 atom stereocenters. The molecule has 80 valence electrons. The largest absolute Gasteiger partial charge is 0.396 e. The van der Waals surface area contributed by atoms with Gasteiger partial charge in [-0.1, -0.05) is 18.2 Å². The third kappa shape index (κ3) is 2.41. The van der Waals surface area contributed by atoms with Crippen LogP contribution < -0.4 is 0 Å². The summed E-state index contributed by atoms with van der Waals surface area (Å²) in [5, 5.41) is 9.41. The molecule has 0 radical (unpaired) electrons. The van der Waals surface area contributed by atoms with E-state index in [0.717, 1.165) is 6.42 Å². The molecule has 0 saturated heterocycles. The van der Waals surface area contributed by atoms with E-state index in [2.05, 4.69) is 0 Å². The van der Waals surface area contributed by atoms with Gasteiger partial charge in [-0.25, -0.2) is 0 Å². The molecular weight excluding hydrogens is 208 g/mol. The molecule has 15 heavy (non-hydrogen) atoms. The molecule has 1 aliphatic carbocycles. The summed E-state index contributed by atoms with van der Waals surface area (Å²) in [6.45, 7) is -0.0106. The van der Waals surface area contributed by atoms with Crippen molar-refractivity contribution in [2.24, 2.45) is 5.92 Å². The number of hydrogen-bond donors (Lipinski definition) is 1. The van der Waals surface area contributed by atoms with E-state index in [0.29, 0.717) is 6.42 Å². The van der Waals surface area contributed by atoms with Crippen LogP contribution in [0.5, 0.6) is 0 Å². The predicted octanol–water partition coefficient (Wildman–Crippen LogP) is 2.12. The molecule has 1 N–H and O–H groups in total. The lowest BCUT2D eigenvalue weighted by Crippen LogP contribution is -2.20. The minimum Gasteiger partial charge on any atom is -0.396 e.